The molecule has 4 rings (SSSR count). The van der Waals surface area contributed by atoms with Crippen LogP contribution in [0.3, 0.4) is 0 Å². The van der Waals surface area contributed by atoms with E-state index in [1.54, 1.807) is 4.90 Å². The number of rotatable bonds is 3. The summed E-state index contributed by atoms with van der Waals surface area (Å²) in [5.41, 5.74) is 1.78. The molecule has 0 bridgehead atoms. The van der Waals surface area contributed by atoms with Gasteiger partial charge in [0.25, 0.3) is 5.91 Å². The standard InChI is InChI=1S/C20H26N2O3/c1-2-17(22-14-15-6-3-4-7-16(15)18(22)23)19(24)21-11-9-20(10-12-21)8-5-13-25-20/h3-4,6-7,17H,2,5,8-14H2,1H3/t17-/m0/s1. The van der Waals surface area contributed by atoms with Gasteiger partial charge in [0.15, 0.2) is 0 Å². The van der Waals surface area contributed by atoms with Gasteiger partial charge in [-0.05, 0) is 43.7 Å². The van der Waals surface area contributed by atoms with Crippen molar-refractivity contribution < 1.29 is 14.3 Å². The molecule has 0 aliphatic carbocycles. The van der Waals surface area contributed by atoms with Crippen LogP contribution in [0.1, 0.15) is 54.9 Å². The largest absolute Gasteiger partial charge is 0.375 e. The number of fused-ring (bicyclic) bond motifs is 1. The molecule has 2 fully saturated rings. The van der Waals surface area contributed by atoms with Crippen molar-refractivity contribution in [2.45, 2.75) is 57.2 Å². The molecule has 1 spiro atoms. The molecule has 25 heavy (non-hydrogen) atoms. The van der Waals surface area contributed by atoms with E-state index >= 15 is 0 Å². The number of likely N-dealkylation sites (tertiary alicyclic amines) is 1. The molecule has 5 heteroatoms. The maximum atomic E-state index is 13.1. The number of hydrogen-bond donors (Lipinski definition) is 0. The second-order valence-electron chi connectivity index (χ2n) is 7.47. The average molecular weight is 342 g/mol. The van der Waals surface area contributed by atoms with Crippen molar-refractivity contribution in [1.29, 1.82) is 0 Å². The lowest BCUT2D eigenvalue weighted by atomic mass is 9.88. The Kier molecular flexibility index (Phi) is 4.28. The Bertz CT molecular complexity index is 671. The molecule has 1 atom stereocenters. The highest BCUT2D eigenvalue weighted by Crippen LogP contribution is 2.36. The van der Waals surface area contributed by atoms with Crippen molar-refractivity contribution in [3.8, 4) is 0 Å². The number of amides is 2. The minimum atomic E-state index is -0.363. The summed E-state index contributed by atoms with van der Waals surface area (Å²) in [7, 11) is 0. The van der Waals surface area contributed by atoms with E-state index in [4.69, 9.17) is 4.74 Å². The van der Waals surface area contributed by atoms with E-state index in [0.29, 0.717) is 13.0 Å². The van der Waals surface area contributed by atoms with Gasteiger partial charge in [-0.25, -0.2) is 0 Å². The van der Waals surface area contributed by atoms with Crippen LogP contribution in [0.15, 0.2) is 24.3 Å². The fourth-order valence-electron chi connectivity index (χ4n) is 4.55. The average Bonchev–Trinajstić information content (AvgIpc) is 3.22. The van der Waals surface area contributed by atoms with Crippen LogP contribution in [0.4, 0.5) is 0 Å². The van der Waals surface area contributed by atoms with Crippen molar-refractivity contribution in [1.82, 2.24) is 9.80 Å². The maximum absolute atomic E-state index is 13.1. The normalized spacial score (nSPS) is 23.2. The number of carbonyl (C=O) groups is 2. The quantitative estimate of drug-likeness (QED) is 0.848. The predicted octanol–water partition coefficient (Wildman–Crippen LogP) is 2.59. The van der Waals surface area contributed by atoms with Gasteiger partial charge in [0.2, 0.25) is 5.91 Å². The number of hydrogen-bond acceptors (Lipinski definition) is 3. The minimum Gasteiger partial charge on any atom is -0.375 e. The molecule has 1 aromatic carbocycles. The summed E-state index contributed by atoms with van der Waals surface area (Å²) in [4.78, 5) is 29.5. The molecule has 2 amide bonds. The summed E-state index contributed by atoms with van der Waals surface area (Å²) in [6, 6.07) is 7.31. The van der Waals surface area contributed by atoms with Gasteiger partial charge >= 0.3 is 0 Å². The van der Waals surface area contributed by atoms with Crippen molar-refractivity contribution >= 4 is 11.8 Å². The number of ether oxygens (including phenoxy) is 1. The molecule has 3 aliphatic rings. The van der Waals surface area contributed by atoms with Gasteiger partial charge in [0.05, 0.1) is 5.60 Å². The molecule has 2 saturated heterocycles. The van der Waals surface area contributed by atoms with Crippen LogP contribution in [-0.2, 0) is 16.1 Å². The van der Waals surface area contributed by atoms with Gasteiger partial charge in [-0.3, -0.25) is 9.59 Å². The second-order valence-corrected chi connectivity index (χ2v) is 7.47. The second kappa shape index (κ2) is 6.45. The van der Waals surface area contributed by atoms with E-state index in [1.807, 2.05) is 36.1 Å². The van der Waals surface area contributed by atoms with E-state index in [2.05, 4.69) is 0 Å². The molecule has 0 radical (unpaired) electrons. The summed E-state index contributed by atoms with van der Waals surface area (Å²) in [5.74, 6) is 0.0832. The van der Waals surface area contributed by atoms with Crippen LogP contribution in [0.5, 0.6) is 0 Å². The Balaban J connectivity index is 1.45. The van der Waals surface area contributed by atoms with Gasteiger partial charge in [0, 0.05) is 31.8 Å². The van der Waals surface area contributed by atoms with Crippen LogP contribution in [0.2, 0.25) is 0 Å². The van der Waals surface area contributed by atoms with E-state index < -0.39 is 0 Å². The molecule has 0 saturated carbocycles. The molecular formula is C20H26N2O3. The zero-order chi connectivity index (χ0) is 17.4. The maximum Gasteiger partial charge on any atom is 0.255 e. The van der Waals surface area contributed by atoms with E-state index in [-0.39, 0.29) is 23.5 Å². The Morgan fingerprint density at radius 3 is 2.64 bits per heavy atom. The summed E-state index contributed by atoms with van der Waals surface area (Å²) in [6.07, 6.45) is 4.74. The third-order valence-electron chi connectivity index (χ3n) is 6.07. The molecular weight excluding hydrogens is 316 g/mol. The van der Waals surface area contributed by atoms with Crippen molar-refractivity contribution in [3.63, 3.8) is 0 Å². The molecule has 0 unspecified atom stereocenters. The number of carbonyl (C=O) groups excluding carboxylic acids is 2. The smallest absolute Gasteiger partial charge is 0.255 e. The zero-order valence-electron chi connectivity index (χ0n) is 14.9. The number of nitrogens with zero attached hydrogens (tertiary/aromatic N) is 2. The lowest BCUT2D eigenvalue weighted by Crippen LogP contribution is -2.53. The predicted molar refractivity (Wildman–Crippen MR) is 94.1 cm³/mol. The number of benzene rings is 1. The minimum absolute atomic E-state index is 0.0107. The highest BCUT2D eigenvalue weighted by atomic mass is 16.5. The first-order valence-corrected chi connectivity index (χ1v) is 9.45. The Morgan fingerprint density at radius 1 is 1.24 bits per heavy atom. The first kappa shape index (κ1) is 16.6. The van der Waals surface area contributed by atoms with Gasteiger partial charge in [0.1, 0.15) is 6.04 Å². The monoisotopic (exact) mass is 342 g/mol. The summed E-state index contributed by atoms with van der Waals surface area (Å²) in [6.45, 7) is 4.87. The molecule has 134 valence electrons. The van der Waals surface area contributed by atoms with Crippen molar-refractivity contribution in [2.75, 3.05) is 19.7 Å². The SMILES string of the molecule is CC[C@@H](C(=O)N1CCC2(CCCO2)CC1)N1Cc2ccccc2C1=O. The van der Waals surface area contributed by atoms with Crippen LogP contribution in [0.25, 0.3) is 0 Å². The lowest BCUT2D eigenvalue weighted by molar-refractivity contribution is -0.141. The summed E-state index contributed by atoms with van der Waals surface area (Å²) in [5, 5.41) is 0. The van der Waals surface area contributed by atoms with Crippen molar-refractivity contribution in [3.05, 3.63) is 35.4 Å². The first-order valence-electron chi connectivity index (χ1n) is 9.45. The molecule has 0 aromatic heterocycles. The fraction of sp³-hybridized carbons (Fsp3) is 0.600. The third-order valence-corrected chi connectivity index (χ3v) is 6.07. The third kappa shape index (κ3) is 2.84. The van der Waals surface area contributed by atoms with Gasteiger partial charge in [-0.1, -0.05) is 25.1 Å². The van der Waals surface area contributed by atoms with Crippen molar-refractivity contribution in [2.24, 2.45) is 0 Å². The molecule has 1 aromatic rings. The molecule has 3 aliphatic heterocycles. The Morgan fingerprint density at radius 2 is 2.00 bits per heavy atom. The van der Waals surface area contributed by atoms with E-state index in [9.17, 15) is 9.59 Å². The van der Waals surface area contributed by atoms with Gasteiger partial charge in [-0.15, -0.1) is 0 Å². The zero-order valence-corrected chi connectivity index (χ0v) is 14.9. The molecule has 5 nitrogen and oxygen atoms in total. The van der Waals surface area contributed by atoms with Gasteiger partial charge < -0.3 is 14.5 Å². The summed E-state index contributed by atoms with van der Waals surface area (Å²) >= 11 is 0. The number of piperidine rings is 1. The van der Waals surface area contributed by atoms with Crippen LogP contribution >= 0.6 is 0 Å². The Hall–Kier alpha value is -1.88. The van der Waals surface area contributed by atoms with E-state index in [1.165, 1.54) is 0 Å². The fourth-order valence-corrected chi connectivity index (χ4v) is 4.55. The topological polar surface area (TPSA) is 49.9 Å². The first-order chi connectivity index (χ1) is 12.1. The van der Waals surface area contributed by atoms with Gasteiger partial charge in [-0.2, -0.15) is 0 Å². The van der Waals surface area contributed by atoms with E-state index in [0.717, 1.165) is 56.5 Å². The van der Waals surface area contributed by atoms with Crippen LogP contribution < -0.4 is 0 Å². The Labute approximate surface area is 148 Å². The highest BCUT2D eigenvalue weighted by Gasteiger charge is 2.42. The summed E-state index contributed by atoms with van der Waals surface area (Å²) < 4.78 is 5.95. The van der Waals surface area contributed by atoms with Crippen LogP contribution in [-0.4, -0.2) is 53.0 Å². The highest BCUT2D eigenvalue weighted by molar-refractivity contribution is 6.01. The molecule has 0 N–H and O–H groups in total. The lowest BCUT2D eigenvalue weighted by Gasteiger charge is -2.40. The van der Waals surface area contributed by atoms with Crippen LogP contribution in [0, 0.1) is 0 Å². The molecule has 3 heterocycles.